The van der Waals surface area contributed by atoms with E-state index in [1.807, 2.05) is 60.7 Å². The van der Waals surface area contributed by atoms with E-state index in [2.05, 4.69) is 29.2 Å². The fourth-order valence-electron chi connectivity index (χ4n) is 5.45. The molecule has 1 aliphatic carbocycles. The van der Waals surface area contributed by atoms with Crippen molar-refractivity contribution in [3.63, 3.8) is 0 Å². The molecule has 4 aromatic carbocycles. The highest BCUT2D eigenvalue weighted by atomic mass is 35.5. The minimum atomic E-state index is -4.51. The van der Waals surface area contributed by atoms with Gasteiger partial charge in [-0.25, -0.2) is 0 Å². The molecule has 1 unspecified atom stereocenters. The molecular formula is C35H36ClF3N2O. The number of nitrogens with zero attached hydrogens (tertiary/aromatic N) is 1. The monoisotopic (exact) mass is 592 g/mol. The highest BCUT2D eigenvalue weighted by molar-refractivity contribution is 6.32. The zero-order chi connectivity index (χ0) is 29.5. The summed E-state index contributed by atoms with van der Waals surface area (Å²) < 4.78 is 47.0. The maximum absolute atomic E-state index is 13.6. The van der Waals surface area contributed by atoms with E-state index in [0.29, 0.717) is 37.6 Å². The van der Waals surface area contributed by atoms with Crippen molar-refractivity contribution in [3.05, 3.63) is 136 Å². The van der Waals surface area contributed by atoms with Gasteiger partial charge in [0.1, 0.15) is 5.75 Å². The van der Waals surface area contributed by atoms with Crippen LogP contribution in [0.2, 0.25) is 5.02 Å². The Hall–Kier alpha value is -3.32. The average molecular weight is 593 g/mol. The first-order valence-electron chi connectivity index (χ1n) is 14.4. The number of ether oxygens (including phenoxy) is 1. The van der Waals surface area contributed by atoms with Crippen LogP contribution >= 0.6 is 11.6 Å². The largest absolute Gasteiger partial charge is 0.494 e. The van der Waals surface area contributed by atoms with Crippen LogP contribution in [0.3, 0.4) is 0 Å². The summed E-state index contributed by atoms with van der Waals surface area (Å²) in [5, 5.41) is -0.244. The van der Waals surface area contributed by atoms with Crippen LogP contribution in [-0.2, 0) is 12.7 Å². The lowest BCUT2D eigenvalue weighted by molar-refractivity contribution is -0.137. The van der Waals surface area contributed by atoms with Gasteiger partial charge in [0.25, 0.3) is 0 Å². The zero-order valence-electron chi connectivity index (χ0n) is 23.4. The van der Waals surface area contributed by atoms with Crippen LogP contribution < -0.4 is 10.5 Å². The minimum absolute atomic E-state index is 0.0264. The molecule has 0 amide bonds. The van der Waals surface area contributed by atoms with E-state index in [-0.39, 0.29) is 23.5 Å². The molecule has 0 saturated heterocycles. The Kier molecular flexibility index (Phi) is 9.88. The summed E-state index contributed by atoms with van der Waals surface area (Å²) in [6.07, 6.45) is -1.49. The first-order chi connectivity index (χ1) is 20.3. The maximum Gasteiger partial charge on any atom is 0.417 e. The van der Waals surface area contributed by atoms with Crippen molar-refractivity contribution < 1.29 is 17.9 Å². The summed E-state index contributed by atoms with van der Waals surface area (Å²) in [7, 11) is 0. The third-order valence-electron chi connectivity index (χ3n) is 7.88. The molecule has 7 heteroatoms. The molecule has 1 aliphatic rings. The van der Waals surface area contributed by atoms with Gasteiger partial charge in [0.05, 0.1) is 17.2 Å². The molecule has 0 spiro atoms. The van der Waals surface area contributed by atoms with Crippen LogP contribution in [0.4, 0.5) is 13.2 Å². The molecule has 3 nitrogen and oxygen atoms in total. The Morgan fingerprint density at radius 3 is 2.07 bits per heavy atom. The average Bonchev–Trinajstić information content (AvgIpc) is 3.85. The molecule has 1 fully saturated rings. The van der Waals surface area contributed by atoms with Crippen LogP contribution in [-0.4, -0.2) is 24.6 Å². The van der Waals surface area contributed by atoms with Gasteiger partial charge < -0.3 is 10.5 Å². The fraction of sp³-hybridized carbons (Fsp3) is 0.314. The van der Waals surface area contributed by atoms with E-state index < -0.39 is 11.7 Å². The lowest BCUT2D eigenvalue weighted by Crippen LogP contribution is -2.31. The summed E-state index contributed by atoms with van der Waals surface area (Å²) in [5.74, 6) is 1.36. The molecule has 1 atom stereocenters. The van der Waals surface area contributed by atoms with Gasteiger partial charge in [-0.05, 0) is 65.6 Å². The molecule has 42 heavy (non-hydrogen) atoms. The lowest BCUT2D eigenvalue weighted by atomic mass is 9.90. The molecule has 4 aromatic rings. The van der Waals surface area contributed by atoms with Crippen LogP contribution in [0.25, 0.3) is 0 Å². The molecule has 5 rings (SSSR count). The second kappa shape index (κ2) is 13.8. The van der Waals surface area contributed by atoms with Gasteiger partial charge in [-0.3, -0.25) is 4.90 Å². The molecule has 220 valence electrons. The number of alkyl halides is 3. The van der Waals surface area contributed by atoms with E-state index in [9.17, 15) is 13.2 Å². The minimum Gasteiger partial charge on any atom is -0.494 e. The van der Waals surface area contributed by atoms with E-state index in [1.54, 1.807) is 6.07 Å². The highest BCUT2D eigenvalue weighted by Crippen LogP contribution is 2.40. The SMILES string of the molecule is NC(c1cccc(OCCCN(Cc2cccc(C(F)(F)F)c2Cl)CC(c2ccccc2)c2ccccc2)c1)C1CC1. The summed E-state index contributed by atoms with van der Waals surface area (Å²) in [5.41, 5.74) is 9.40. The highest BCUT2D eigenvalue weighted by Gasteiger charge is 2.34. The third kappa shape index (κ3) is 7.94. The number of hydrogen-bond donors (Lipinski definition) is 1. The molecule has 1 saturated carbocycles. The smallest absolute Gasteiger partial charge is 0.417 e. The lowest BCUT2D eigenvalue weighted by Gasteiger charge is -2.29. The third-order valence-corrected chi connectivity index (χ3v) is 8.33. The molecule has 2 N–H and O–H groups in total. The summed E-state index contributed by atoms with van der Waals surface area (Å²) >= 11 is 6.33. The predicted molar refractivity (Wildman–Crippen MR) is 163 cm³/mol. The van der Waals surface area contributed by atoms with Crippen LogP contribution in [0.1, 0.15) is 59.0 Å². The van der Waals surface area contributed by atoms with Crippen molar-refractivity contribution in [1.82, 2.24) is 4.90 Å². The second-order valence-corrected chi connectivity index (χ2v) is 11.4. The molecule has 0 aliphatic heterocycles. The maximum atomic E-state index is 13.6. The Labute approximate surface area is 251 Å². The normalized spacial score (nSPS) is 14.4. The second-order valence-electron chi connectivity index (χ2n) is 11.0. The Morgan fingerprint density at radius 1 is 0.833 bits per heavy atom. The van der Waals surface area contributed by atoms with Gasteiger partial charge in [-0.15, -0.1) is 0 Å². The zero-order valence-corrected chi connectivity index (χ0v) is 24.2. The summed E-state index contributed by atoms with van der Waals surface area (Å²) in [6.45, 7) is 1.97. The number of nitrogens with two attached hydrogens (primary N) is 1. The van der Waals surface area contributed by atoms with Crippen molar-refractivity contribution in [2.75, 3.05) is 19.7 Å². The van der Waals surface area contributed by atoms with Gasteiger partial charge in [0.15, 0.2) is 0 Å². The Bertz CT molecular complexity index is 1390. The first kappa shape index (κ1) is 30.1. The molecule has 0 heterocycles. The fourth-order valence-corrected chi connectivity index (χ4v) is 5.74. The number of hydrogen-bond acceptors (Lipinski definition) is 3. The first-order valence-corrected chi connectivity index (χ1v) is 14.8. The van der Waals surface area contributed by atoms with Crippen molar-refractivity contribution >= 4 is 11.6 Å². The van der Waals surface area contributed by atoms with Gasteiger partial charge >= 0.3 is 6.18 Å². The standard InChI is InChI=1S/C35H36ClF3N2O/c36-33-29(15-8-17-32(33)35(37,38)39)23-41(24-31(25-10-3-1-4-11-25)26-12-5-2-6-13-26)20-9-21-42-30-16-7-14-28(22-30)34(40)27-18-19-27/h1-8,10-17,22,27,31,34H,9,18-21,23-24,40H2. The topological polar surface area (TPSA) is 38.5 Å². The van der Waals surface area contributed by atoms with E-state index in [4.69, 9.17) is 22.1 Å². The number of halogens is 4. The van der Waals surface area contributed by atoms with Gasteiger partial charge in [-0.1, -0.05) is 96.5 Å². The molecular weight excluding hydrogens is 557 g/mol. The van der Waals surface area contributed by atoms with Gasteiger partial charge in [-0.2, -0.15) is 13.2 Å². The van der Waals surface area contributed by atoms with Crippen molar-refractivity contribution in [1.29, 1.82) is 0 Å². The molecule has 0 radical (unpaired) electrons. The Morgan fingerprint density at radius 2 is 1.45 bits per heavy atom. The van der Waals surface area contributed by atoms with Crippen LogP contribution in [0.15, 0.2) is 103 Å². The van der Waals surface area contributed by atoms with E-state index in [1.165, 1.54) is 18.9 Å². The Balaban J connectivity index is 1.33. The quantitative estimate of drug-likeness (QED) is 0.158. The predicted octanol–water partition coefficient (Wildman–Crippen LogP) is 8.87. The summed E-state index contributed by atoms with van der Waals surface area (Å²) in [4.78, 5) is 2.18. The van der Waals surface area contributed by atoms with Crippen LogP contribution in [0, 0.1) is 5.92 Å². The number of benzene rings is 4. The van der Waals surface area contributed by atoms with Gasteiger partial charge in [0, 0.05) is 31.6 Å². The van der Waals surface area contributed by atoms with E-state index >= 15 is 0 Å². The van der Waals surface area contributed by atoms with Crippen molar-refractivity contribution in [2.45, 2.75) is 43.9 Å². The number of rotatable bonds is 13. The van der Waals surface area contributed by atoms with E-state index in [0.717, 1.165) is 28.5 Å². The van der Waals surface area contributed by atoms with Gasteiger partial charge in [0.2, 0.25) is 0 Å². The summed E-state index contributed by atoms with van der Waals surface area (Å²) in [6, 6.07) is 32.5. The van der Waals surface area contributed by atoms with Crippen molar-refractivity contribution in [3.8, 4) is 5.75 Å². The van der Waals surface area contributed by atoms with Crippen molar-refractivity contribution in [2.24, 2.45) is 11.7 Å². The van der Waals surface area contributed by atoms with Crippen LogP contribution in [0.5, 0.6) is 5.75 Å². The molecule has 0 bridgehead atoms. The molecule has 0 aromatic heterocycles.